The fourth-order valence-electron chi connectivity index (χ4n) is 4.92. The molecule has 0 unspecified atom stereocenters. The highest BCUT2D eigenvalue weighted by atomic mass is 16.1. The molecule has 3 aliphatic rings. The molecule has 6 rings (SSSR count). The molecule has 3 aromatic carbocycles. The van der Waals surface area contributed by atoms with E-state index in [1.807, 2.05) is 24.3 Å². The van der Waals surface area contributed by atoms with Crippen LogP contribution in [0.2, 0.25) is 0 Å². The molecule has 0 saturated carbocycles. The number of hydrogen-bond acceptors (Lipinski definition) is 2. The maximum atomic E-state index is 12.3. The van der Waals surface area contributed by atoms with Gasteiger partial charge in [0.1, 0.15) is 0 Å². The van der Waals surface area contributed by atoms with Crippen LogP contribution in [0.4, 0.5) is 0 Å². The third-order valence-electron chi connectivity index (χ3n) is 5.86. The van der Waals surface area contributed by atoms with Crippen molar-refractivity contribution in [1.29, 1.82) is 0 Å². The van der Waals surface area contributed by atoms with Crippen molar-refractivity contribution in [3.8, 4) is 0 Å². The van der Waals surface area contributed by atoms with Gasteiger partial charge in [-0.05, 0) is 47.2 Å². The zero-order valence-corrected chi connectivity index (χ0v) is 14.7. The Labute approximate surface area is 152 Å². The van der Waals surface area contributed by atoms with E-state index in [1.54, 1.807) is 13.8 Å². The molecule has 26 heavy (non-hydrogen) atoms. The Morgan fingerprint density at radius 1 is 0.577 bits per heavy atom. The van der Waals surface area contributed by atoms with Gasteiger partial charge in [-0.15, -0.1) is 0 Å². The Hall–Kier alpha value is -3.00. The largest absolute Gasteiger partial charge is 0.295 e. The van der Waals surface area contributed by atoms with Gasteiger partial charge in [0.2, 0.25) is 0 Å². The van der Waals surface area contributed by atoms with E-state index >= 15 is 0 Å². The van der Waals surface area contributed by atoms with Crippen molar-refractivity contribution in [2.75, 3.05) is 0 Å². The van der Waals surface area contributed by atoms with Gasteiger partial charge in [-0.3, -0.25) is 9.59 Å². The van der Waals surface area contributed by atoms with Crippen molar-refractivity contribution >= 4 is 11.6 Å². The first kappa shape index (κ1) is 15.3. The molecule has 0 saturated heterocycles. The number of rotatable bonds is 2. The minimum atomic E-state index is 0.0144. The number of carbonyl (C=O) groups excluding carboxylic acids is 2. The first-order chi connectivity index (χ1) is 12.6. The van der Waals surface area contributed by atoms with Gasteiger partial charge in [0, 0.05) is 23.0 Å². The van der Waals surface area contributed by atoms with E-state index in [2.05, 4.69) is 36.4 Å². The number of carbonyl (C=O) groups is 2. The topological polar surface area (TPSA) is 34.1 Å². The summed E-state index contributed by atoms with van der Waals surface area (Å²) in [5, 5.41) is 0. The Morgan fingerprint density at radius 3 is 1.35 bits per heavy atom. The van der Waals surface area contributed by atoms with Crippen LogP contribution in [-0.2, 0) is 0 Å². The summed E-state index contributed by atoms with van der Waals surface area (Å²) in [7, 11) is 0. The average Bonchev–Trinajstić information content (AvgIpc) is 2.66. The third-order valence-corrected chi connectivity index (χ3v) is 5.86. The minimum absolute atomic E-state index is 0.0144. The molecule has 0 N–H and O–H groups in total. The smallest absolute Gasteiger partial charge is 0.160 e. The molecular formula is C24H18O2. The molecule has 0 aromatic heterocycles. The molecule has 0 fully saturated rings. The number of benzene rings is 3. The van der Waals surface area contributed by atoms with Gasteiger partial charge in [-0.2, -0.15) is 0 Å². The minimum Gasteiger partial charge on any atom is -0.295 e. The van der Waals surface area contributed by atoms with E-state index in [4.69, 9.17) is 0 Å². The van der Waals surface area contributed by atoms with Crippen LogP contribution in [0.25, 0.3) is 0 Å². The van der Waals surface area contributed by atoms with Crippen molar-refractivity contribution in [2.24, 2.45) is 0 Å². The Morgan fingerprint density at radius 2 is 0.962 bits per heavy atom. The predicted octanol–water partition coefficient (Wildman–Crippen LogP) is 5.08. The lowest BCUT2D eigenvalue weighted by molar-refractivity contribution is 0.100. The molecule has 3 aromatic rings. The van der Waals surface area contributed by atoms with Gasteiger partial charge in [-0.1, -0.05) is 60.7 Å². The first-order valence-corrected chi connectivity index (χ1v) is 8.96. The van der Waals surface area contributed by atoms with Gasteiger partial charge in [-0.25, -0.2) is 0 Å². The molecule has 2 atom stereocenters. The fraction of sp³-hybridized carbons (Fsp3) is 0.167. The number of Topliss-reactive ketones (excluding diaryl/α,β-unsaturated/α-hetero) is 2. The first-order valence-electron chi connectivity index (χ1n) is 8.96. The van der Waals surface area contributed by atoms with E-state index in [-0.39, 0.29) is 23.4 Å². The van der Waals surface area contributed by atoms with E-state index in [0.29, 0.717) is 0 Å². The molecule has 0 spiro atoms. The quantitative estimate of drug-likeness (QED) is 0.421. The monoisotopic (exact) mass is 338 g/mol. The van der Waals surface area contributed by atoms with Crippen LogP contribution in [0.5, 0.6) is 0 Å². The molecule has 2 heteroatoms. The molecule has 3 aliphatic carbocycles. The highest BCUT2D eigenvalue weighted by Gasteiger charge is 2.43. The second kappa shape index (κ2) is 5.25. The zero-order chi connectivity index (χ0) is 18.0. The maximum Gasteiger partial charge on any atom is 0.160 e. The highest BCUT2D eigenvalue weighted by molar-refractivity contribution is 5.99. The van der Waals surface area contributed by atoms with Crippen molar-refractivity contribution in [2.45, 2.75) is 25.7 Å². The SMILES string of the molecule is CC(=O)c1cccc2c1[C@@H]1c3ccccc3[C@H]2c2c(C(C)=O)cccc21. The Bertz CT molecular complexity index is 1020. The van der Waals surface area contributed by atoms with Crippen LogP contribution in [0.1, 0.15) is 79.8 Å². The van der Waals surface area contributed by atoms with Crippen LogP contribution in [0, 0.1) is 0 Å². The Kier molecular flexibility index (Phi) is 3.08. The molecule has 0 amide bonds. The van der Waals surface area contributed by atoms with E-state index in [1.165, 1.54) is 22.3 Å². The lowest BCUT2D eigenvalue weighted by Gasteiger charge is -2.43. The van der Waals surface area contributed by atoms with Gasteiger partial charge in [0.05, 0.1) is 0 Å². The van der Waals surface area contributed by atoms with Crippen molar-refractivity contribution < 1.29 is 9.59 Å². The van der Waals surface area contributed by atoms with E-state index in [9.17, 15) is 9.59 Å². The molecule has 2 bridgehead atoms. The normalized spacial score (nSPS) is 18.7. The average molecular weight is 338 g/mol. The second-order valence-electron chi connectivity index (χ2n) is 7.22. The fourth-order valence-corrected chi connectivity index (χ4v) is 4.92. The molecule has 2 nitrogen and oxygen atoms in total. The summed E-state index contributed by atoms with van der Waals surface area (Å²) < 4.78 is 0. The van der Waals surface area contributed by atoms with Crippen LogP contribution < -0.4 is 0 Å². The van der Waals surface area contributed by atoms with Gasteiger partial charge in [0.25, 0.3) is 0 Å². The highest BCUT2D eigenvalue weighted by Crippen LogP contribution is 2.57. The summed E-state index contributed by atoms with van der Waals surface area (Å²) >= 11 is 0. The molecule has 0 heterocycles. The van der Waals surface area contributed by atoms with Crippen molar-refractivity contribution in [3.05, 3.63) is 105 Å². The van der Waals surface area contributed by atoms with Crippen LogP contribution in [0.3, 0.4) is 0 Å². The van der Waals surface area contributed by atoms with Crippen molar-refractivity contribution in [1.82, 2.24) is 0 Å². The predicted molar refractivity (Wildman–Crippen MR) is 101 cm³/mol. The van der Waals surface area contributed by atoms with Gasteiger partial charge < -0.3 is 0 Å². The standard InChI is InChI=1S/C24H18O2/c1-13(25)15-9-5-11-19-21(15)23-17-7-3-4-8-18(17)24(19)22-16(14(2)26)10-6-12-20(22)23/h3-12,23-24H,1-2H3/t23-,24-/m1/s1. The van der Waals surface area contributed by atoms with E-state index < -0.39 is 0 Å². The summed E-state index contributed by atoms with van der Waals surface area (Å²) in [6.45, 7) is 3.27. The molecule has 0 radical (unpaired) electrons. The summed E-state index contributed by atoms with van der Waals surface area (Å²) in [5.74, 6) is 0.216. The molecular weight excluding hydrogens is 320 g/mol. The lowest BCUT2D eigenvalue weighted by Crippen LogP contribution is -2.30. The maximum absolute atomic E-state index is 12.3. The van der Waals surface area contributed by atoms with Crippen LogP contribution in [0.15, 0.2) is 60.7 Å². The van der Waals surface area contributed by atoms with Crippen LogP contribution >= 0.6 is 0 Å². The summed E-state index contributed by atoms with van der Waals surface area (Å²) in [5.41, 5.74) is 8.69. The number of hydrogen-bond donors (Lipinski definition) is 0. The summed E-state index contributed by atoms with van der Waals surface area (Å²) in [4.78, 5) is 24.7. The van der Waals surface area contributed by atoms with E-state index in [0.717, 1.165) is 22.3 Å². The lowest BCUT2D eigenvalue weighted by atomic mass is 9.59. The molecule has 0 aliphatic heterocycles. The van der Waals surface area contributed by atoms with Gasteiger partial charge in [0.15, 0.2) is 11.6 Å². The summed E-state index contributed by atoms with van der Waals surface area (Å²) in [6, 6.07) is 20.5. The summed E-state index contributed by atoms with van der Waals surface area (Å²) in [6.07, 6.45) is 0. The van der Waals surface area contributed by atoms with Gasteiger partial charge >= 0.3 is 0 Å². The zero-order valence-electron chi connectivity index (χ0n) is 14.7. The van der Waals surface area contributed by atoms with Crippen LogP contribution in [-0.4, -0.2) is 11.6 Å². The number of ketones is 2. The molecule has 126 valence electrons. The second-order valence-corrected chi connectivity index (χ2v) is 7.22. The Balaban J connectivity index is 1.93. The third kappa shape index (κ3) is 1.82. The van der Waals surface area contributed by atoms with Crippen molar-refractivity contribution in [3.63, 3.8) is 0 Å².